The Morgan fingerprint density at radius 2 is 2.40 bits per heavy atom. The summed E-state index contributed by atoms with van der Waals surface area (Å²) in [7, 11) is 0. The van der Waals surface area contributed by atoms with Crippen LogP contribution in [0, 0.1) is 11.8 Å². The third-order valence-electron chi connectivity index (χ3n) is 1.22. The van der Waals surface area contributed by atoms with E-state index in [4.69, 9.17) is 5.11 Å². The summed E-state index contributed by atoms with van der Waals surface area (Å²) in [6.45, 7) is 5.34. The fourth-order valence-electron chi connectivity index (χ4n) is 0.632. The summed E-state index contributed by atoms with van der Waals surface area (Å²) in [6.07, 6.45) is 3.77. The summed E-state index contributed by atoms with van der Waals surface area (Å²) in [5.41, 5.74) is 0. The van der Waals surface area contributed by atoms with Crippen molar-refractivity contribution in [3.8, 4) is 11.8 Å². The van der Waals surface area contributed by atoms with E-state index in [0.29, 0.717) is 6.42 Å². The van der Waals surface area contributed by atoms with Crippen LogP contribution in [0.3, 0.4) is 0 Å². The van der Waals surface area contributed by atoms with Gasteiger partial charge in [0.05, 0.1) is 6.10 Å². The molecule has 0 unspecified atom stereocenters. The molecule has 0 heterocycles. The first-order valence-electron chi connectivity index (χ1n) is 3.49. The second kappa shape index (κ2) is 6.38. The van der Waals surface area contributed by atoms with Gasteiger partial charge in [-0.15, -0.1) is 18.4 Å². The minimum atomic E-state index is -0.273. The molecule has 1 N–H and O–H groups in total. The second-order valence-corrected chi connectivity index (χ2v) is 2.15. The van der Waals surface area contributed by atoms with E-state index < -0.39 is 0 Å². The highest BCUT2D eigenvalue weighted by atomic mass is 16.3. The first kappa shape index (κ1) is 9.26. The molecule has 0 aliphatic carbocycles. The maximum atomic E-state index is 9.16. The van der Waals surface area contributed by atoms with Crippen LogP contribution in [0.1, 0.15) is 26.2 Å². The van der Waals surface area contributed by atoms with E-state index in [9.17, 15) is 0 Å². The van der Waals surface area contributed by atoms with Crippen LogP contribution < -0.4 is 0 Å². The summed E-state index contributed by atoms with van der Waals surface area (Å²) in [4.78, 5) is 0. The molecule has 0 aromatic carbocycles. The molecular formula is C9H14O. The van der Waals surface area contributed by atoms with Gasteiger partial charge in [-0.3, -0.25) is 0 Å². The quantitative estimate of drug-likeness (QED) is 0.463. The van der Waals surface area contributed by atoms with Crippen molar-refractivity contribution in [1.82, 2.24) is 0 Å². The molecule has 0 saturated carbocycles. The SMILES string of the molecule is C=CCC[C@@H](O)CC#CC. The van der Waals surface area contributed by atoms with Gasteiger partial charge < -0.3 is 5.11 Å². The molecule has 0 spiro atoms. The summed E-state index contributed by atoms with van der Waals surface area (Å²) >= 11 is 0. The van der Waals surface area contributed by atoms with Crippen molar-refractivity contribution in [2.45, 2.75) is 32.3 Å². The summed E-state index contributed by atoms with van der Waals surface area (Å²) in [6, 6.07) is 0. The topological polar surface area (TPSA) is 20.2 Å². The lowest BCUT2D eigenvalue weighted by Crippen LogP contribution is -2.03. The first-order valence-corrected chi connectivity index (χ1v) is 3.49. The van der Waals surface area contributed by atoms with Crippen molar-refractivity contribution in [3.05, 3.63) is 12.7 Å². The molecule has 56 valence electrons. The highest BCUT2D eigenvalue weighted by Gasteiger charge is 1.97. The van der Waals surface area contributed by atoms with E-state index in [1.165, 1.54) is 0 Å². The first-order chi connectivity index (χ1) is 4.81. The van der Waals surface area contributed by atoms with Crippen molar-refractivity contribution in [2.75, 3.05) is 0 Å². The third kappa shape index (κ3) is 5.40. The Balaban J connectivity index is 3.30. The lowest BCUT2D eigenvalue weighted by molar-refractivity contribution is 0.171. The van der Waals surface area contributed by atoms with Crippen LogP contribution in [0.5, 0.6) is 0 Å². The van der Waals surface area contributed by atoms with Crippen LogP contribution in [-0.2, 0) is 0 Å². The molecule has 0 amide bonds. The molecular weight excluding hydrogens is 124 g/mol. The Morgan fingerprint density at radius 1 is 1.70 bits per heavy atom. The molecule has 0 aliphatic rings. The third-order valence-corrected chi connectivity index (χ3v) is 1.22. The molecule has 10 heavy (non-hydrogen) atoms. The van der Waals surface area contributed by atoms with Gasteiger partial charge in [-0.1, -0.05) is 6.08 Å². The summed E-state index contributed by atoms with van der Waals surface area (Å²) < 4.78 is 0. The van der Waals surface area contributed by atoms with Gasteiger partial charge in [0.25, 0.3) is 0 Å². The lowest BCUT2D eigenvalue weighted by atomic mass is 10.1. The fourth-order valence-corrected chi connectivity index (χ4v) is 0.632. The van der Waals surface area contributed by atoms with Gasteiger partial charge in [0, 0.05) is 6.42 Å². The number of hydrogen-bond acceptors (Lipinski definition) is 1. The predicted octanol–water partition coefficient (Wildman–Crippen LogP) is 1.73. The van der Waals surface area contributed by atoms with Crippen LogP contribution >= 0.6 is 0 Å². The molecule has 0 saturated heterocycles. The fraction of sp³-hybridized carbons (Fsp3) is 0.556. The van der Waals surface area contributed by atoms with Gasteiger partial charge >= 0.3 is 0 Å². The van der Waals surface area contributed by atoms with Crippen LogP contribution in [0.2, 0.25) is 0 Å². The highest BCUT2D eigenvalue weighted by molar-refractivity contribution is 4.96. The predicted molar refractivity (Wildman–Crippen MR) is 43.5 cm³/mol. The van der Waals surface area contributed by atoms with E-state index in [1.807, 2.05) is 6.08 Å². The summed E-state index contributed by atoms with van der Waals surface area (Å²) in [5, 5.41) is 9.16. The van der Waals surface area contributed by atoms with E-state index in [2.05, 4.69) is 18.4 Å². The van der Waals surface area contributed by atoms with Crippen molar-refractivity contribution >= 4 is 0 Å². The largest absolute Gasteiger partial charge is 0.392 e. The zero-order chi connectivity index (χ0) is 7.82. The Bertz CT molecular complexity index is 139. The van der Waals surface area contributed by atoms with Gasteiger partial charge in [0.2, 0.25) is 0 Å². The summed E-state index contributed by atoms with van der Waals surface area (Å²) in [5.74, 6) is 5.56. The molecule has 0 fully saturated rings. The van der Waals surface area contributed by atoms with Gasteiger partial charge in [-0.25, -0.2) is 0 Å². The number of rotatable bonds is 4. The van der Waals surface area contributed by atoms with Crippen molar-refractivity contribution in [2.24, 2.45) is 0 Å². The van der Waals surface area contributed by atoms with E-state index in [1.54, 1.807) is 6.92 Å². The van der Waals surface area contributed by atoms with Gasteiger partial charge in [-0.2, -0.15) is 0 Å². The number of allylic oxidation sites excluding steroid dienone is 1. The second-order valence-electron chi connectivity index (χ2n) is 2.15. The zero-order valence-electron chi connectivity index (χ0n) is 6.43. The van der Waals surface area contributed by atoms with Crippen LogP contribution in [0.4, 0.5) is 0 Å². The number of aliphatic hydroxyl groups excluding tert-OH is 1. The average Bonchev–Trinajstić information content (AvgIpc) is 1.97. The Hall–Kier alpha value is -0.740. The van der Waals surface area contributed by atoms with Crippen LogP contribution in [0.25, 0.3) is 0 Å². The van der Waals surface area contributed by atoms with Crippen molar-refractivity contribution < 1.29 is 5.11 Å². The molecule has 0 rings (SSSR count). The van der Waals surface area contributed by atoms with Crippen molar-refractivity contribution in [1.29, 1.82) is 0 Å². The molecule has 1 heteroatoms. The maximum Gasteiger partial charge on any atom is 0.0652 e. The molecule has 0 bridgehead atoms. The number of hydrogen-bond donors (Lipinski definition) is 1. The van der Waals surface area contributed by atoms with Crippen molar-refractivity contribution in [3.63, 3.8) is 0 Å². The van der Waals surface area contributed by atoms with Gasteiger partial charge in [-0.05, 0) is 19.8 Å². The Labute approximate surface area is 62.8 Å². The highest BCUT2D eigenvalue weighted by Crippen LogP contribution is 2.00. The van der Waals surface area contributed by atoms with Crippen LogP contribution in [-0.4, -0.2) is 11.2 Å². The Morgan fingerprint density at radius 3 is 2.90 bits per heavy atom. The maximum absolute atomic E-state index is 9.16. The molecule has 0 aromatic heterocycles. The molecule has 0 aromatic rings. The molecule has 0 radical (unpaired) electrons. The zero-order valence-corrected chi connectivity index (χ0v) is 6.43. The Kier molecular flexibility index (Phi) is 5.91. The standard InChI is InChI=1S/C9H14O/c1-3-5-7-9(10)8-6-4-2/h3,9-10H,1,5,7-8H2,2H3/t9-/m1/s1. The molecule has 0 aliphatic heterocycles. The van der Waals surface area contributed by atoms with Gasteiger partial charge in [0.15, 0.2) is 0 Å². The lowest BCUT2D eigenvalue weighted by Gasteiger charge is -2.02. The molecule has 1 atom stereocenters. The van der Waals surface area contributed by atoms with Crippen LogP contribution in [0.15, 0.2) is 12.7 Å². The minimum absolute atomic E-state index is 0.273. The smallest absolute Gasteiger partial charge is 0.0652 e. The average molecular weight is 138 g/mol. The van der Waals surface area contributed by atoms with E-state index >= 15 is 0 Å². The monoisotopic (exact) mass is 138 g/mol. The number of aliphatic hydroxyl groups is 1. The van der Waals surface area contributed by atoms with E-state index in [-0.39, 0.29) is 6.10 Å². The normalized spacial score (nSPS) is 11.4. The minimum Gasteiger partial charge on any atom is -0.392 e. The molecule has 1 nitrogen and oxygen atoms in total. The van der Waals surface area contributed by atoms with Gasteiger partial charge in [0.1, 0.15) is 0 Å². The van der Waals surface area contributed by atoms with E-state index in [0.717, 1.165) is 12.8 Å².